The summed E-state index contributed by atoms with van der Waals surface area (Å²) in [5.41, 5.74) is 8.37. The van der Waals surface area contributed by atoms with Crippen LogP contribution in [0, 0.1) is 5.92 Å². The van der Waals surface area contributed by atoms with Crippen molar-refractivity contribution >= 4 is 46.8 Å². The molecule has 3 heterocycles. The second kappa shape index (κ2) is 12.2. The summed E-state index contributed by atoms with van der Waals surface area (Å²) in [4.78, 5) is 24.6. The first-order chi connectivity index (χ1) is 17.0. The van der Waals surface area contributed by atoms with Gasteiger partial charge in [0, 0.05) is 61.6 Å². The van der Waals surface area contributed by atoms with E-state index in [9.17, 15) is 13.2 Å². The lowest BCUT2D eigenvalue weighted by Crippen LogP contribution is -2.47. The highest BCUT2D eigenvalue weighted by atomic mass is 35.5. The number of piperazine rings is 1. The standard InChI is InChI=1S/C21H29ClN6S.C2HF3O2/c1-14(2)18(13-23)24-20-19-17(7-12-29-19)25-21(26-20)28-10-8-27(9-11-28)16-5-3-15(22)4-6-16;3-2(4,5)1(6)7/h3-6,14,18H,7-13,23H2,1-2H3,(H,24,25,26);(H,6,7)/t18-;/m0./s1. The molecule has 2 aliphatic heterocycles. The lowest BCUT2D eigenvalue weighted by molar-refractivity contribution is -0.192. The third-order valence-corrected chi connectivity index (χ3v) is 7.26. The highest BCUT2D eigenvalue weighted by Crippen LogP contribution is 2.37. The number of rotatable bonds is 6. The summed E-state index contributed by atoms with van der Waals surface area (Å²) in [5, 5.41) is 11.5. The minimum absolute atomic E-state index is 0.213. The number of hydrogen-bond acceptors (Lipinski definition) is 8. The molecule has 2 aromatic rings. The number of nitrogens with two attached hydrogens (primary N) is 1. The Bertz CT molecular complexity index is 1030. The maximum atomic E-state index is 10.6. The summed E-state index contributed by atoms with van der Waals surface area (Å²) < 4.78 is 31.7. The Labute approximate surface area is 217 Å². The Hall–Kier alpha value is -2.44. The molecule has 1 aromatic carbocycles. The highest BCUT2D eigenvalue weighted by molar-refractivity contribution is 7.99. The molecule has 0 bridgehead atoms. The lowest BCUT2D eigenvalue weighted by Gasteiger charge is -2.36. The largest absolute Gasteiger partial charge is 0.490 e. The first-order valence-electron chi connectivity index (χ1n) is 11.6. The average molecular weight is 547 g/mol. The number of fused-ring (bicyclic) bond motifs is 1. The average Bonchev–Trinajstić information content (AvgIpc) is 3.31. The van der Waals surface area contributed by atoms with Gasteiger partial charge >= 0.3 is 12.1 Å². The second-order valence-electron chi connectivity index (χ2n) is 8.73. The van der Waals surface area contributed by atoms with Crippen molar-refractivity contribution < 1.29 is 23.1 Å². The number of benzene rings is 1. The number of carboxylic acids is 1. The first-order valence-corrected chi connectivity index (χ1v) is 12.9. The van der Waals surface area contributed by atoms with Gasteiger partial charge in [-0.2, -0.15) is 18.2 Å². The van der Waals surface area contributed by atoms with Crippen LogP contribution >= 0.6 is 23.4 Å². The predicted molar refractivity (Wildman–Crippen MR) is 137 cm³/mol. The van der Waals surface area contributed by atoms with Crippen molar-refractivity contribution in [3.05, 3.63) is 35.0 Å². The van der Waals surface area contributed by atoms with Crippen LogP contribution in [0.3, 0.4) is 0 Å². The molecular weight excluding hydrogens is 517 g/mol. The summed E-state index contributed by atoms with van der Waals surface area (Å²) in [6, 6.07) is 8.28. The number of aryl methyl sites for hydroxylation is 1. The van der Waals surface area contributed by atoms with E-state index >= 15 is 0 Å². The normalized spacial score (nSPS) is 16.3. The van der Waals surface area contributed by atoms with Crippen molar-refractivity contribution in [1.82, 2.24) is 9.97 Å². The molecule has 1 saturated heterocycles. The smallest absolute Gasteiger partial charge is 0.475 e. The predicted octanol–water partition coefficient (Wildman–Crippen LogP) is 4.13. The van der Waals surface area contributed by atoms with E-state index in [1.54, 1.807) is 0 Å². The van der Waals surface area contributed by atoms with Gasteiger partial charge in [0.05, 0.1) is 10.6 Å². The number of thioether (sulfide) groups is 1. The third-order valence-electron chi connectivity index (χ3n) is 5.89. The Morgan fingerprint density at radius 1 is 1.17 bits per heavy atom. The molecule has 36 heavy (non-hydrogen) atoms. The highest BCUT2D eigenvalue weighted by Gasteiger charge is 2.38. The molecule has 0 spiro atoms. The van der Waals surface area contributed by atoms with Crippen molar-refractivity contribution in [2.75, 3.05) is 53.6 Å². The molecule has 198 valence electrons. The number of aromatic nitrogens is 2. The van der Waals surface area contributed by atoms with Crippen molar-refractivity contribution in [1.29, 1.82) is 0 Å². The Kier molecular flexibility index (Phi) is 9.53. The Morgan fingerprint density at radius 3 is 2.28 bits per heavy atom. The first kappa shape index (κ1) is 28.1. The summed E-state index contributed by atoms with van der Waals surface area (Å²) in [6.07, 6.45) is -4.08. The van der Waals surface area contributed by atoms with Gasteiger partial charge in [0.15, 0.2) is 0 Å². The molecule has 4 N–H and O–H groups in total. The zero-order chi connectivity index (χ0) is 26.5. The molecule has 2 aliphatic rings. The van der Waals surface area contributed by atoms with Crippen molar-refractivity contribution in [3.63, 3.8) is 0 Å². The number of hydrogen-bond donors (Lipinski definition) is 3. The molecule has 8 nitrogen and oxygen atoms in total. The van der Waals surface area contributed by atoms with Crippen LogP contribution in [0.4, 0.5) is 30.6 Å². The zero-order valence-corrected chi connectivity index (χ0v) is 21.6. The zero-order valence-electron chi connectivity index (χ0n) is 20.1. The molecule has 4 rings (SSSR count). The topological polar surface area (TPSA) is 108 Å². The molecule has 13 heteroatoms. The Morgan fingerprint density at radius 2 is 1.75 bits per heavy atom. The molecule has 0 saturated carbocycles. The van der Waals surface area contributed by atoms with Crippen LogP contribution in [-0.2, 0) is 11.2 Å². The summed E-state index contributed by atoms with van der Waals surface area (Å²) in [5.74, 6) is 0.554. The molecule has 0 unspecified atom stereocenters. The van der Waals surface area contributed by atoms with Gasteiger partial charge < -0.3 is 26.0 Å². The van der Waals surface area contributed by atoms with Gasteiger partial charge in [0.25, 0.3) is 0 Å². The fourth-order valence-electron chi connectivity index (χ4n) is 3.78. The van der Waals surface area contributed by atoms with Gasteiger partial charge in [0.1, 0.15) is 5.82 Å². The van der Waals surface area contributed by atoms with Crippen LogP contribution in [0.2, 0.25) is 5.02 Å². The summed E-state index contributed by atoms with van der Waals surface area (Å²) >= 11 is 7.87. The number of aliphatic carboxylic acids is 1. The molecule has 0 amide bonds. The molecular formula is C23H30ClF3N6O2S. The lowest BCUT2D eigenvalue weighted by atomic mass is 10.0. The number of carboxylic acid groups (broad SMARTS) is 1. The number of nitrogens with one attached hydrogen (secondary N) is 1. The summed E-state index contributed by atoms with van der Waals surface area (Å²) in [6.45, 7) is 8.66. The van der Waals surface area contributed by atoms with Crippen LogP contribution in [0.5, 0.6) is 0 Å². The molecule has 1 aromatic heterocycles. The fraction of sp³-hybridized carbons (Fsp3) is 0.522. The van der Waals surface area contributed by atoms with Crippen LogP contribution in [0.25, 0.3) is 0 Å². The van der Waals surface area contributed by atoms with E-state index in [0.29, 0.717) is 12.5 Å². The number of nitrogens with zero attached hydrogens (tertiary/aromatic N) is 4. The monoisotopic (exact) mass is 546 g/mol. The molecule has 0 radical (unpaired) electrons. The van der Waals surface area contributed by atoms with Crippen molar-refractivity contribution in [3.8, 4) is 0 Å². The molecule has 0 aliphatic carbocycles. The van der Waals surface area contributed by atoms with E-state index in [1.807, 2.05) is 23.9 Å². The fourth-order valence-corrected chi connectivity index (χ4v) is 4.97. The van der Waals surface area contributed by atoms with E-state index in [0.717, 1.165) is 55.1 Å². The van der Waals surface area contributed by atoms with E-state index in [-0.39, 0.29) is 6.04 Å². The van der Waals surface area contributed by atoms with Gasteiger partial charge in [-0.3, -0.25) is 0 Å². The molecule has 1 atom stereocenters. The minimum atomic E-state index is -5.08. The maximum Gasteiger partial charge on any atom is 0.490 e. The summed E-state index contributed by atoms with van der Waals surface area (Å²) in [7, 11) is 0. The van der Waals surface area contributed by atoms with E-state index in [1.165, 1.54) is 16.3 Å². The number of anilines is 3. The van der Waals surface area contributed by atoms with E-state index in [2.05, 4.69) is 41.1 Å². The Balaban J connectivity index is 0.000000454. The third kappa shape index (κ3) is 7.30. The van der Waals surface area contributed by atoms with Gasteiger partial charge in [-0.05, 0) is 30.2 Å². The van der Waals surface area contributed by atoms with E-state index in [4.69, 9.17) is 37.2 Å². The number of alkyl halides is 3. The van der Waals surface area contributed by atoms with Gasteiger partial charge in [-0.25, -0.2) is 9.78 Å². The SMILES string of the molecule is CC(C)[C@H](CN)Nc1nc(N2CCN(c3ccc(Cl)cc3)CC2)nc2c1SCC2.O=C(O)C(F)(F)F. The van der Waals surface area contributed by atoms with E-state index < -0.39 is 12.1 Å². The van der Waals surface area contributed by atoms with Crippen LogP contribution in [-0.4, -0.2) is 71.7 Å². The minimum Gasteiger partial charge on any atom is -0.475 e. The van der Waals surface area contributed by atoms with Gasteiger partial charge in [-0.1, -0.05) is 25.4 Å². The molecule has 1 fully saturated rings. The number of halogens is 4. The van der Waals surface area contributed by atoms with Gasteiger partial charge in [-0.15, -0.1) is 11.8 Å². The van der Waals surface area contributed by atoms with Crippen LogP contribution in [0.1, 0.15) is 19.5 Å². The number of carbonyl (C=O) groups is 1. The van der Waals surface area contributed by atoms with Crippen molar-refractivity contribution in [2.45, 2.75) is 37.4 Å². The quantitative estimate of drug-likeness (QED) is 0.493. The maximum absolute atomic E-state index is 10.6. The van der Waals surface area contributed by atoms with Crippen LogP contribution < -0.4 is 20.9 Å². The van der Waals surface area contributed by atoms with Crippen molar-refractivity contribution in [2.24, 2.45) is 11.7 Å². The van der Waals surface area contributed by atoms with Crippen LogP contribution in [0.15, 0.2) is 29.2 Å². The second-order valence-corrected chi connectivity index (χ2v) is 10.3. The van der Waals surface area contributed by atoms with Gasteiger partial charge in [0.2, 0.25) is 5.95 Å².